The van der Waals surface area contributed by atoms with E-state index < -0.39 is 0 Å². The predicted molar refractivity (Wildman–Crippen MR) is 70.2 cm³/mol. The Morgan fingerprint density at radius 2 is 2.00 bits per heavy atom. The molecular weight excluding hydrogens is 273 g/mol. The van der Waals surface area contributed by atoms with Gasteiger partial charge in [0, 0.05) is 9.50 Å². The van der Waals surface area contributed by atoms with Crippen LogP contribution in [-0.4, -0.2) is 6.54 Å². The second-order valence-corrected chi connectivity index (χ2v) is 5.45. The predicted octanol–water partition coefficient (Wildman–Crippen LogP) is 3.88. The molecule has 0 fully saturated rings. The van der Waals surface area contributed by atoms with E-state index in [4.69, 9.17) is 17.3 Å². The van der Waals surface area contributed by atoms with Crippen molar-refractivity contribution >= 4 is 27.5 Å². The van der Waals surface area contributed by atoms with Crippen LogP contribution in [0.4, 0.5) is 0 Å². The van der Waals surface area contributed by atoms with Crippen molar-refractivity contribution in [3.8, 4) is 0 Å². The van der Waals surface area contributed by atoms with Crippen LogP contribution in [0, 0.1) is 11.8 Å². The second kappa shape index (κ2) is 5.88. The lowest BCUT2D eigenvalue weighted by molar-refractivity contribution is 0.394. The van der Waals surface area contributed by atoms with Gasteiger partial charge in [-0.2, -0.15) is 0 Å². The summed E-state index contributed by atoms with van der Waals surface area (Å²) in [5.74, 6) is 1.10. The molecule has 0 amide bonds. The van der Waals surface area contributed by atoms with Gasteiger partial charge in [-0.25, -0.2) is 0 Å². The molecular formula is C12H17BrClN. The Morgan fingerprint density at radius 1 is 1.33 bits per heavy atom. The molecule has 2 N–H and O–H groups in total. The Hall–Kier alpha value is -0.0500. The van der Waals surface area contributed by atoms with Crippen molar-refractivity contribution in [2.24, 2.45) is 17.6 Å². The van der Waals surface area contributed by atoms with E-state index in [1.165, 1.54) is 5.56 Å². The third-order valence-corrected chi connectivity index (χ3v) is 3.75. The fraction of sp³-hybridized carbons (Fsp3) is 0.500. The molecule has 2 atom stereocenters. The smallest absolute Gasteiger partial charge is 0.0449 e. The Kier molecular flexibility index (Phi) is 5.10. The molecule has 0 saturated heterocycles. The van der Waals surface area contributed by atoms with Crippen molar-refractivity contribution in [2.75, 3.05) is 6.54 Å². The topological polar surface area (TPSA) is 26.0 Å². The fourth-order valence-corrected chi connectivity index (χ4v) is 2.22. The highest BCUT2D eigenvalue weighted by atomic mass is 79.9. The third kappa shape index (κ3) is 3.78. The normalized spacial score (nSPS) is 15.0. The summed E-state index contributed by atoms with van der Waals surface area (Å²) in [5.41, 5.74) is 6.85. The van der Waals surface area contributed by atoms with E-state index in [1.807, 2.05) is 12.1 Å². The molecule has 0 bridgehead atoms. The van der Waals surface area contributed by atoms with Crippen LogP contribution in [0.3, 0.4) is 0 Å². The van der Waals surface area contributed by atoms with Crippen LogP contribution in [0.25, 0.3) is 0 Å². The molecule has 0 aliphatic heterocycles. The second-order valence-electron chi connectivity index (χ2n) is 4.13. The summed E-state index contributed by atoms with van der Waals surface area (Å²) in [6, 6.07) is 6.05. The van der Waals surface area contributed by atoms with Crippen molar-refractivity contribution in [1.29, 1.82) is 0 Å². The van der Waals surface area contributed by atoms with Crippen molar-refractivity contribution in [1.82, 2.24) is 0 Å². The van der Waals surface area contributed by atoms with Gasteiger partial charge in [0.25, 0.3) is 0 Å². The molecule has 0 aliphatic carbocycles. The number of benzene rings is 1. The summed E-state index contributed by atoms with van der Waals surface area (Å²) in [6.45, 7) is 5.13. The number of nitrogens with two attached hydrogens (primary N) is 1. The molecule has 1 aromatic carbocycles. The zero-order valence-corrected chi connectivity index (χ0v) is 11.5. The van der Waals surface area contributed by atoms with E-state index >= 15 is 0 Å². The van der Waals surface area contributed by atoms with Gasteiger partial charge in [-0.05, 0) is 42.5 Å². The van der Waals surface area contributed by atoms with Crippen LogP contribution in [0.15, 0.2) is 22.7 Å². The molecule has 0 heterocycles. The first-order valence-corrected chi connectivity index (χ1v) is 6.35. The Bertz CT molecular complexity index is 327. The molecule has 0 saturated carbocycles. The van der Waals surface area contributed by atoms with Crippen LogP contribution >= 0.6 is 27.5 Å². The lowest BCUT2D eigenvalue weighted by Crippen LogP contribution is -2.20. The van der Waals surface area contributed by atoms with Gasteiger partial charge in [0.1, 0.15) is 0 Å². The van der Waals surface area contributed by atoms with Gasteiger partial charge in [0.05, 0.1) is 0 Å². The highest BCUT2D eigenvalue weighted by Crippen LogP contribution is 2.25. The molecule has 84 valence electrons. The molecule has 1 aromatic rings. The van der Waals surface area contributed by atoms with Crippen molar-refractivity contribution in [3.63, 3.8) is 0 Å². The van der Waals surface area contributed by atoms with Crippen LogP contribution in [0.2, 0.25) is 5.02 Å². The first-order chi connectivity index (χ1) is 7.04. The minimum atomic E-state index is 0.532. The molecule has 15 heavy (non-hydrogen) atoms. The van der Waals surface area contributed by atoms with Crippen LogP contribution < -0.4 is 5.73 Å². The first kappa shape index (κ1) is 13.0. The number of hydrogen-bond donors (Lipinski definition) is 1. The molecule has 0 aromatic heterocycles. The molecule has 0 spiro atoms. The SMILES string of the molecule is CC(CN)C(C)Cc1ccc(Br)cc1Cl. The van der Waals surface area contributed by atoms with E-state index in [9.17, 15) is 0 Å². The molecule has 0 aliphatic rings. The van der Waals surface area contributed by atoms with E-state index in [1.54, 1.807) is 0 Å². The maximum Gasteiger partial charge on any atom is 0.0449 e. The average molecular weight is 291 g/mol. The zero-order chi connectivity index (χ0) is 11.4. The zero-order valence-electron chi connectivity index (χ0n) is 9.13. The van der Waals surface area contributed by atoms with Crippen molar-refractivity contribution in [2.45, 2.75) is 20.3 Å². The summed E-state index contributed by atoms with van der Waals surface area (Å²) < 4.78 is 1.02. The van der Waals surface area contributed by atoms with Crippen LogP contribution in [0.1, 0.15) is 19.4 Å². The Balaban J connectivity index is 2.72. The first-order valence-electron chi connectivity index (χ1n) is 5.18. The standard InChI is InChI=1S/C12H17BrClN/c1-8(9(2)7-15)5-10-3-4-11(13)6-12(10)14/h3-4,6,8-9H,5,7,15H2,1-2H3. The number of halogens is 2. The third-order valence-electron chi connectivity index (χ3n) is 2.90. The van der Waals surface area contributed by atoms with Gasteiger partial charge in [-0.1, -0.05) is 47.4 Å². The lowest BCUT2D eigenvalue weighted by atomic mass is 9.90. The highest BCUT2D eigenvalue weighted by Gasteiger charge is 2.12. The van der Waals surface area contributed by atoms with Gasteiger partial charge >= 0.3 is 0 Å². The summed E-state index contributed by atoms with van der Waals surface area (Å²) >= 11 is 9.56. The van der Waals surface area contributed by atoms with Crippen molar-refractivity contribution < 1.29 is 0 Å². The van der Waals surface area contributed by atoms with Gasteiger partial charge in [0.15, 0.2) is 0 Å². The summed E-state index contributed by atoms with van der Waals surface area (Å²) in [7, 11) is 0. The summed E-state index contributed by atoms with van der Waals surface area (Å²) in [5, 5.41) is 0.834. The van der Waals surface area contributed by atoms with Gasteiger partial charge < -0.3 is 5.73 Å². The number of rotatable bonds is 4. The highest BCUT2D eigenvalue weighted by molar-refractivity contribution is 9.10. The van der Waals surface area contributed by atoms with Gasteiger partial charge in [-0.15, -0.1) is 0 Å². The summed E-state index contributed by atoms with van der Waals surface area (Å²) in [4.78, 5) is 0. The fourth-order valence-electron chi connectivity index (χ4n) is 1.47. The lowest BCUT2D eigenvalue weighted by Gasteiger charge is -2.18. The number of hydrogen-bond acceptors (Lipinski definition) is 1. The Morgan fingerprint density at radius 3 is 2.53 bits per heavy atom. The molecule has 2 unspecified atom stereocenters. The van der Waals surface area contributed by atoms with Crippen molar-refractivity contribution in [3.05, 3.63) is 33.3 Å². The molecule has 0 radical (unpaired) electrons. The summed E-state index contributed by atoms with van der Waals surface area (Å²) in [6.07, 6.45) is 0.991. The van der Waals surface area contributed by atoms with Crippen LogP contribution in [-0.2, 0) is 6.42 Å². The maximum atomic E-state index is 6.16. The average Bonchev–Trinajstić information content (AvgIpc) is 2.20. The van der Waals surface area contributed by atoms with E-state index in [-0.39, 0.29) is 0 Å². The van der Waals surface area contributed by atoms with E-state index in [2.05, 4.69) is 35.8 Å². The van der Waals surface area contributed by atoms with Gasteiger partial charge in [0.2, 0.25) is 0 Å². The maximum absolute atomic E-state index is 6.16. The minimum Gasteiger partial charge on any atom is -0.330 e. The molecule has 3 heteroatoms. The molecule has 1 rings (SSSR count). The van der Waals surface area contributed by atoms with E-state index in [0.717, 1.165) is 22.5 Å². The Labute approximate surface area is 105 Å². The monoisotopic (exact) mass is 289 g/mol. The van der Waals surface area contributed by atoms with Crippen LogP contribution in [0.5, 0.6) is 0 Å². The van der Waals surface area contributed by atoms with Gasteiger partial charge in [-0.3, -0.25) is 0 Å². The minimum absolute atomic E-state index is 0.532. The largest absolute Gasteiger partial charge is 0.330 e. The molecule has 1 nitrogen and oxygen atoms in total. The quantitative estimate of drug-likeness (QED) is 0.895. The van der Waals surface area contributed by atoms with E-state index in [0.29, 0.717) is 11.8 Å².